The van der Waals surface area contributed by atoms with E-state index in [-0.39, 0.29) is 0 Å². The SMILES string of the molecule is CCCc1nc(CSc2nnc(-c3ccco3)o2)cs1. The third kappa shape index (κ3) is 3.10. The summed E-state index contributed by atoms with van der Waals surface area (Å²) in [5.41, 5.74) is 1.06. The van der Waals surface area contributed by atoms with Crippen LogP contribution in [0, 0.1) is 0 Å². The molecule has 3 heterocycles. The summed E-state index contributed by atoms with van der Waals surface area (Å²) in [4.78, 5) is 4.56. The second-order valence-corrected chi connectivity index (χ2v) is 5.99. The number of aryl methyl sites for hydroxylation is 1. The molecule has 0 atom stereocenters. The molecular weight excluding hydrogens is 294 g/mol. The van der Waals surface area contributed by atoms with E-state index in [1.807, 2.05) is 0 Å². The molecule has 0 unspecified atom stereocenters. The predicted octanol–water partition coefficient (Wildman–Crippen LogP) is 4.03. The summed E-state index contributed by atoms with van der Waals surface area (Å²) in [5.74, 6) is 1.73. The Kier molecular flexibility index (Phi) is 4.17. The third-order valence-electron chi connectivity index (χ3n) is 2.55. The molecule has 0 spiro atoms. The highest BCUT2D eigenvalue weighted by atomic mass is 32.2. The van der Waals surface area contributed by atoms with Crippen molar-refractivity contribution in [3.05, 3.63) is 34.5 Å². The molecule has 0 aliphatic carbocycles. The molecule has 0 amide bonds. The van der Waals surface area contributed by atoms with Gasteiger partial charge < -0.3 is 8.83 Å². The Morgan fingerprint density at radius 1 is 1.35 bits per heavy atom. The maximum absolute atomic E-state index is 5.53. The molecule has 7 heteroatoms. The largest absolute Gasteiger partial charge is 0.459 e. The van der Waals surface area contributed by atoms with Gasteiger partial charge in [-0.1, -0.05) is 18.7 Å². The van der Waals surface area contributed by atoms with E-state index in [1.165, 1.54) is 16.8 Å². The number of hydrogen-bond donors (Lipinski definition) is 0. The Labute approximate surface area is 124 Å². The zero-order valence-corrected chi connectivity index (χ0v) is 12.5. The summed E-state index contributed by atoms with van der Waals surface area (Å²) in [5, 5.41) is 11.7. The van der Waals surface area contributed by atoms with E-state index < -0.39 is 0 Å². The first-order chi connectivity index (χ1) is 9.85. The Morgan fingerprint density at radius 2 is 2.30 bits per heavy atom. The van der Waals surface area contributed by atoms with E-state index >= 15 is 0 Å². The summed E-state index contributed by atoms with van der Waals surface area (Å²) >= 11 is 3.19. The highest BCUT2D eigenvalue weighted by molar-refractivity contribution is 7.98. The lowest BCUT2D eigenvalue weighted by Gasteiger charge is -1.92. The first-order valence-corrected chi connectivity index (χ1v) is 8.15. The number of aromatic nitrogens is 3. The number of thiazole rings is 1. The average Bonchev–Trinajstić information content (AvgIpc) is 3.18. The molecule has 0 aliphatic rings. The number of nitrogens with zero attached hydrogens (tertiary/aromatic N) is 3. The summed E-state index contributed by atoms with van der Waals surface area (Å²) in [6.07, 6.45) is 3.74. The highest BCUT2D eigenvalue weighted by Gasteiger charge is 2.12. The number of thioether (sulfide) groups is 1. The summed E-state index contributed by atoms with van der Waals surface area (Å²) < 4.78 is 10.7. The first kappa shape index (κ1) is 13.4. The fourth-order valence-electron chi connectivity index (χ4n) is 1.65. The number of hydrogen-bond acceptors (Lipinski definition) is 7. The van der Waals surface area contributed by atoms with Crippen molar-refractivity contribution >= 4 is 23.1 Å². The lowest BCUT2D eigenvalue weighted by Crippen LogP contribution is -1.84. The molecule has 0 aromatic carbocycles. The van der Waals surface area contributed by atoms with Gasteiger partial charge >= 0.3 is 0 Å². The van der Waals surface area contributed by atoms with Crippen molar-refractivity contribution in [1.82, 2.24) is 15.2 Å². The van der Waals surface area contributed by atoms with Gasteiger partial charge in [-0.3, -0.25) is 0 Å². The van der Waals surface area contributed by atoms with E-state index in [4.69, 9.17) is 8.83 Å². The second-order valence-electron chi connectivity index (χ2n) is 4.12. The van der Waals surface area contributed by atoms with Gasteiger partial charge in [0, 0.05) is 11.1 Å². The van der Waals surface area contributed by atoms with Crippen molar-refractivity contribution in [1.29, 1.82) is 0 Å². The minimum absolute atomic E-state index is 0.405. The number of rotatable bonds is 6. The van der Waals surface area contributed by atoms with Gasteiger partial charge in [-0.15, -0.1) is 21.5 Å². The van der Waals surface area contributed by atoms with Crippen LogP contribution >= 0.6 is 23.1 Å². The normalized spacial score (nSPS) is 11.1. The lowest BCUT2D eigenvalue weighted by atomic mass is 10.3. The fraction of sp³-hybridized carbons (Fsp3) is 0.308. The van der Waals surface area contributed by atoms with Gasteiger partial charge in [0.25, 0.3) is 11.1 Å². The van der Waals surface area contributed by atoms with E-state index in [0.29, 0.717) is 16.9 Å². The van der Waals surface area contributed by atoms with Gasteiger partial charge in [0.05, 0.1) is 17.0 Å². The maximum Gasteiger partial charge on any atom is 0.284 e. The fourth-order valence-corrected chi connectivity index (χ4v) is 3.31. The highest BCUT2D eigenvalue weighted by Crippen LogP contribution is 2.26. The van der Waals surface area contributed by atoms with Gasteiger partial charge in [-0.2, -0.15) is 0 Å². The Morgan fingerprint density at radius 3 is 3.10 bits per heavy atom. The molecule has 5 nitrogen and oxygen atoms in total. The molecule has 104 valence electrons. The van der Waals surface area contributed by atoms with Gasteiger partial charge in [-0.25, -0.2) is 4.98 Å². The van der Waals surface area contributed by atoms with Gasteiger partial charge in [0.2, 0.25) is 0 Å². The van der Waals surface area contributed by atoms with Crippen LogP contribution in [0.4, 0.5) is 0 Å². The van der Waals surface area contributed by atoms with Gasteiger partial charge in [0.15, 0.2) is 5.76 Å². The van der Waals surface area contributed by atoms with E-state index in [0.717, 1.165) is 24.3 Å². The molecule has 3 aromatic heterocycles. The average molecular weight is 307 g/mol. The van der Waals surface area contributed by atoms with Crippen LogP contribution in [0.15, 0.2) is 37.8 Å². The van der Waals surface area contributed by atoms with E-state index in [2.05, 4.69) is 27.5 Å². The molecule has 3 aromatic rings. The van der Waals surface area contributed by atoms with Crippen LogP contribution in [0.1, 0.15) is 24.0 Å². The smallest absolute Gasteiger partial charge is 0.284 e. The molecule has 20 heavy (non-hydrogen) atoms. The molecule has 0 aliphatic heterocycles. The zero-order chi connectivity index (χ0) is 13.8. The monoisotopic (exact) mass is 307 g/mol. The molecule has 0 bridgehead atoms. The van der Waals surface area contributed by atoms with Crippen LogP contribution in [-0.2, 0) is 12.2 Å². The van der Waals surface area contributed by atoms with E-state index in [1.54, 1.807) is 29.7 Å². The molecular formula is C13H13N3O2S2. The molecule has 0 saturated carbocycles. The van der Waals surface area contributed by atoms with Crippen LogP contribution in [0.25, 0.3) is 11.7 Å². The van der Waals surface area contributed by atoms with Crippen LogP contribution in [-0.4, -0.2) is 15.2 Å². The van der Waals surface area contributed by atoms with Crippen LogP contribution in [0.3, 0.4) is 0 Å². The van der Waals surface area contributed by atoms with Crippen LogP contribution in [0.5, 0.6) is 0 Å². The van der Waals surface area contributed by atoms with Crippen molar-refractivity contribution in [3.63, 3.8) is 0 Å². The molecule has 0 saturated heterocycles. The quantitative estimate of drug-likeness (QED) is 0.641. The van der Waals surface area contributed by atoms with E-state index in [9.17, 15) is 0 Å². The summed E-state index contributed by atoms with van der Waals surface area (Å²) in [6, 6.07) is 3.58. The Balaban J connectivity index is 1.60. The Bertz CT molecular complexity index is 661. The molecule has 0 radical (unpaired) electrons. The van der Waals surface area contributed by atoms with Crippen molar-refractivity contribution in [2.24, 2.45) is 0 Å². The van der Waals surface area contributed by atoms with Crippen molar-refractivity contribution in [2.45, 2.75) is 30.7 Å². The number of furan rings is 1. The first-order valence-electron chi connectivity index (χ1n) is 6.28. The standard InChI is InChI=1S/C13H13N3O2S2/c1-2-4-11-14-9(7-19-11)8-20-13-16-15-12(18-13)10-5-3-6-17-10/h3,5-7H,2,4,8H2,1H3. The zero-order valence-electron chi connectivity index (χ0n) is 10.9. The van der Waals surface area contributed by atoms with Crippen molar-refractivity contribution in [2.75, 3.05) is 0 Å². The summed E-state index contributed by atoms with van der Waals surface area (Å²) in [6.45, 7) is 2.16. The second kappa shape index (κ2) is 6.23. The Hall–Kier alpha value is -1.60. The maximum atomic E-state index is 5.53. The van der Waals surface area contributed by atoms with Crippen LogP contribution < -0.4 is 0 Å². The van der Waals surface area contributed by atoms with Crippen molar-refractivity contribution < 1.29 is 8.83 Å². The third-order valence-corrected chi connectivity index (χ3v) is 4.35. The topological polar surface area (TPSA) is 65.0 Å². The minimum Gasteiger partial charge on any atom is -0.459 e. The van der Waals surface area contributed by atoms with Gasteiger partial charge in [-0.05, 0) is 25.0 Å². The minimum atomic E-state index is 0.405. The van der Waals surface area contributed by atoms with Crippen LogP contribution in [0.2, 0.25) is 0 Å². The molecule has 0 N–H and O–H groups in total. The summed E-state index contributed by atoms with van der Waals surface area (Å²) in [7, 11) is 0. The molecule has 0 fully saturated rings. The predicted molar refractivity (Wildman–Crippen MR) is 77.7 cm³/mol. The van der Waals surface area contributed by atoms with Crippen molar-refractivity contribution in [3.8, 4) is 11.7 Å². The molecule has 3 rings (SSSR count). The lowest BCUT2D eigenvalue weighted by molar-refractivity contribution is 0.447. The van der Waals surface area contributed by atoms with Gasteiger partial charge in [0.1, 0.15) is 0 Å².